The predicted octanol–water partition coefficient (Wildman–Crippen LogP) is 2.90. The number of ether oxygens (including phenoxy) is 1. The maximum absolute atomic E-state index is 6.14. The van der Waals surface area contributed by atoms with Gasteiger partial charge in [-0.1, -0.05) is 19.4 Å². The normalized spacial score (nSPS) is 20.4. The third-order valence-corrected chi connectivity index (χ3v) is 3.70. The van der Waals surface area contributed by atoms with Crippen LogP contribution in [0.3, 0.4) is 0 Å². The van der Waals surface area contributed by atoms with Gasteiger partial charge in [-0.2, -0.15) is 0 Å². The zero-order chi connectivity index (χ0) is 12.3. The zero-order valence-corrected chi connectivity index (χ0v) is 10.8. The molecular weight excluding hydrogens is 212 g/mol. The molecule has 0 aliphatic carbocycles. The first-order valence-corrected chi connectivity index (χ1v) is 6.43. The number of nitrogen functional groups attached to an aromatic ring is 1. The van der Waals surface area contributed by atoms with Crippen molar-refractivity contribution in [3.05, 3.63) is 18.2 Å². The van der Waals surface area contributed by atoms with Crippen LogP contribution >= 0.6 is 0 Å². The Morgan fingerprint density at radius 1 is 1.47 bits per heavy atom. The Hall–Kier alpha value is -1.38. The lowest BCUT2D eigenvalue weighted by Gasteiger charge is -2.34. The highest BCUT2D eigenvalue weighted by molar-refractivity contribution is 5.74. The van der Waals surface area contributed by atoms with E-state index in [1.165, 1.54) is 19.3 Å². The molecule has 3 nitrogen and oxygen atoms in total. The average molecular weight is 234 g/mol. The molecule has 2 N–H and O–H groups in total. The quantitative estimate of drug-likeness (QED) is 0.817. The first kappa shape index (κ1) is 12.1. The lowest BCUT2D eigenvalue weighted by molar-refractivity contribution is 0.402. The van der Waals surface area contributed by atoms with Gasteiger partial charge < -0.3 is 15.4 Å². The number of hydrogen-bond donors (Lipinski definition) is 1. The number of piperidine rings is 1. The second kappa shape index (κ2) is 5.30. The Labute approximate surface area is 104 Å². The number of methoxy groups -OCH3 is 1. The summed E-state index contributed by atoms with van der Waals surface area (Å²) in [5.74, 6) is 1.58. The van der Waals surface area contributed by atoms with E-state index in [2.05, 4.69) is 17.9 Å². The third-order valence-electron chi connectivity index (χ3n) is 3.70. The van der Waals surface area contributed by atoms with Crippen LogP contribution in [0.5, 0.6) is 5.75 Å². The SMILES string of the molecule is CCC1CCCN(c2cccc(OC)c2N)C1. The first-order valence-electron chi connectivity index (χ1n) is 6.43. The van der Waals surface area contributed by atoms with E-state index in [9.17, 15) is 0 Å². The Morgan fingerprint density at radius 3 is 3.00 bits per heavy atom. The molecule has 94 valence electrons. The highest BCUT2D eigenvalue weighted by Crippen LogP contribution is 2.34. The zero-order valence-electron chi connectivity index (χ0n) is 10.8. The van der Waals surface area contributed by atoms with Crippen LogP contribution in [-0.4, -0.2) is 20.2 Å². The van der Waals surface area contributed by atoms with Gasteiger partial charge in [-0.15, -0.1) is 0 Å². The molecule has 1 aliphatic rings. The van der Waals surface area contributed by atoms with E-state index in [4.69, 9.17) is 10.5 Å². The van der Waals surface area contributed by atoms with Gasteiger partial charge in [-0.05, 0) is 30.9 Å². The molecule has 1 fully saturated rings. The van der Waals surface area contributed by atoms with E-state index < -0.39 is 0 Å². The molecule has 1 aromatic carbocycles. The van der Waals surface area contributed by atoms with E-state index in [-0.39, 0.29) is 0 Å². The highest BCUT2D eigenvalue weighted by Gasteiger charge is 2.20. The van der Waals surface area contributed by atoms with Gasteiger partial charge >= 0.3 is 0 Å². The van der Waals surface area contributed by atoms with Crippen molar-refractivity contribution in [2.45, 2.75) is 26.2 Å². The Balaban J connectivity index is 2.21. The topological polar surface area (TPSA) is 38.5 Å². The van der Waals surface area contributed by atoms with Crippen molar-refractivity contribution >= 4 is 11.4 Å². The van der Waals surface area contributed by atoms with Gasteiger partial charge in [0.15, 0.2) is 0 Å². The van der Waals surface area contributed by atoms with Crippen molar-refractivity contribution in [2.75, 3.05) is 30.8 Å². The van der Waals surface area contributed by atoms with Crippen LogP contribution in [0.2, 0.25) is 0 Å². The van der Waals surface area contributed by atoms with Crippen LogP contribution in [0, 0.1) is 5.92 Å². The van der Waals surface area contributed by atoms with Crippen LogP contribution in [0.1, 0.15) is 26.2 Å². The van der Waals surface area contributed by atoms with Gasteiger partial charge in [-0.3, -0.25) is 0 Å². The van der Waals surface area contributed by atoms with Crippen molar-refractivity contribution in [1.82, 2.24) is 0 Å². The van der Waals surface area contributed by atoms with Gasteiger partial charge in [0, 0.05) is 13.1 Å². The lowest BCUT2D eigenvalue weighted by Crippen LogP contribution is -2.35. The summed E-state index contributed by atoms with van der Waals surface area (Å²) in [6.07, 6.45) is 3.85. The average Bonchev–Trinajstić information content (AvgIpc) is 2.39. The molecule has 0 aromatic heterocycles. The summed E-state index contributed by atoms with van der Waals surface area (Å²) in [6, 6.07) is 6.02. The van der Waals surface area contributed by atoms with Crippen LogP contribution < -0.4 is 15.4 Å². The molecule has 1 heterocycles. The second-order valence-corrected chi connectivity index (χ2v) is 4.76. The van der Waals surface area contributed by atoms with Crippen LogP contribution in [-0.2, 0) is 0 Å². The Kier molecular flexibility index (Phi) is 3.77. The monoisotopic (exact) mass is 234 g/mol. The molecule has 0 amide bonds. The van der Waals surface area contributed by atoms with Gasteiger partial charge in [0.05, 0.1) is 18.5 Å². The summed E-state index contributed by atoms with van der Waals surface area (Å²) in [7, 11) is 1.67. The standard InChI is InChI=1S/C14H22N2O/c1-3-11-6-5-9-16(10-11)12-7-4-8-13(17-2)14(12)15/h4,7-8,11H,3,5-6,9-10,15H2,1-2H3. The highest BCUT2D eigenvalue weighted by atomic mass is 16.5. The fraction of sp³-hybridized carbons (Fsp3) is 0.571. The van der Waals surface area contributed by atoms with Gasteiger partial charge in [0.2, 0.25) is 0 Å². The van der Waals surface area contributed by atoms with Crippen LogP contribution in [0.15, 0.2) is 18.2 Å². The molecule has 3 heteroatoms. The number of nitrogens with two attached hydrogens (primary N) is 1. The van der Waals surface area contributed by atoms with Crippen molar-refractivity contribution in [3.8, 4) is 5.75 Å². The largest absolute Gasteiger partial charge is 0.495 e. The van der Waals surface area contributed by atoms with Crippen LogP contribution in [0.4, 0.5) is 11.4 Å². The Bertz CT molecular complexity index is 378. The maximum Gasteiger partial charge on any atom is 0.143 e. The van der Waals surface area contributed by atoms with Gasteiger partial charge in [0.1, 0.15) is 5.75 Å². The van der Waals surface area contributed by atoms with Crippen molar-refractivity contribution in [3.63, 3.8) is 0 Å². The summed E-state index contributed by atoms with van der Waals surface area (Å²) < 4.78 is 5.28. The first-order chi connectivity index (χ1) is 8.26. The van der Waals surface area contributed by atoms with Gasteiger partial charge in [0.25, 0.3) is 0 Å². The molecule has 0 spiro atoms. The number of rotatable bonds is 3. The van der Waals surface area contributed by atoms with Crippen molar-refractivity contribution in [1.29, 1.82) is 0 Å². The minimum atomic E-state index is 0.770. The summed E-state index contributed by atoms with van der Waals surface area (Å²) in [6.45, 7) is 4.49. The molecule has 1 aromatic rings. The van der Waals surface area contributed by atoms with E-state index in [1.807, 2.05) is 12.1 Å². The second-order valence-electron chi connectivity index (χ2n) is 4.76. The fourth-order valence-electron chi connectivity index (χ4n) is 2.60. The van der Waals surface area contributed by atoms with E-state index in [1.54, 1.807) is 7.11 Å². The molecule has 1 aliphatic heterocycles. The van der Waals surface area contributed by atoms with E-state index in [0.29, 0.717) is 0 Å². The third kappa shape index (κ3) is 2.48. The fourth-order valence-corrected chi connectivity index (χ4v) is 2.60. The minimum absolute atomic E-state index is 0.770. The molecule has 1 unspecified atom stereocenters. The summed E-state index contributed by atoms with van der Waals surface area (Å²) in [5.41, 5.74) is 8.04. The van der Waals surface area contributed by atoms with E-state index in [0.717, 1.165) is 36.1 Å². The lowest BCUT2D eigenvalue weighted by atomic mass is 9.95. The van der Waals surface area contributed by atoms with Gasteiger partial charge in [-0.25, -0.2) is 0 Å². The summed E-state index contributed by atoms with van der Waals surface area (Å²) in [4.78, 5) is 2.40. The minimum Gasteiger partial charge on any atom is -0.495 e. The summed E-state index contributed by atoms with van der Waals surface area (Å²) in [5, 5.41) is 0. The number of nitrogens with zero attached hydrogens (tertiary/aromatic N) is 1. The number of benzene rings is 1. The Morgan fingerprint density at radius 2 is 2.29 bits per heavy atom. The predicted molar refractivity (Wildman–Crippen MR) is 72.6 cm³/mol. The summed E-state index contributed by atoms with van der Waals surface area (Å²) >= 11 is 0. The molecule has 0 radical (unpaired) electrons. The number of hydrogen-bond acceptors (Lipinski definition) is 3. The molecule has 1 saturated heterocycles. The smallest absolute Gasteiger partial charge is 0.143 e. The molecule has 0 bridgehead atoms. The number of anilines is 2. The maximum atomic E-state index is 6.14. The van der Waals surface area contributed by atoms with Crippen molar-refractivity contribution in [2.24, 2.45) is 5.92 Å². The van der Waals surface area contributed by atoms with Crippen LogP contribution in [0.25, 0.3) is 0 Å². The molecular formula is C14H22N2O. The number of para-hydroxylation sites is 1. The molecule has 2 rings (SSSR count). The van der Waals surface area contributed by atoms with Crippen molar-refractivity contribution < 1.29 is 4.74 Å². The van der Waals surface area contributed by atoms with E-state index >= 15 is 0 Å². The molecule has 0 saturated carbocycles. The molecule has 17 heavy (non-hydrogen) atoms. The molecule has 1 atom stereocenters.